The molecule has 2 aromatic rings. The molecule has 1 N–H and O–H groups in total. The van der Waals surface area contributed by atoms with E-state index in [9.17, 15) is 5.11 Å². The van der Waals surface area contributed by atoms with Crippen LogP contribution in [0, 0.1) is 11.3 Å². The Morgan fingerprint density at radius 2 is 1.56 bits per heavy atom. The van der Waals surface area contributed by atoms with Crippen molar-refractivity contribution in [2.45, 2.75) is 89.7 Å². The number of fused-ring (bicyclic) bond motifs is 1. The van der Waals surface area contributed by atoms with E-state index in [0.717, 1.165) is 38.2 Å². The Bertz CT molecular complexity index is 805. The summed E-state index contributed by atoms with van der Waals surface area (Å²) in [6, 6.07) is 21.8. The average Bonchev–Trinajstić information content (AvgIpc) is 3.55. The molecule has 0 saturated heterocycles. The van der Waals surface area contributed by atoms with E-state index >= 15 is 0 Å². The molecule has 2 nitrogen and oxygen atoms in total. The van der Waals surface area contributed by atoms with E-state index < -0.39 is 8.32 Å². The standard InChI is InChI=1S/C29H42O2Si/c1-28(2,3)32(25-16-7-4-8-17-25,26-18-9-5-10-19-26)31-22-14-6-11-20-27(30)29-21-13-12-15-24(29)23-29/h4-5,7-10,16-19,24,27,30H,6,11-15,20-23H2,1-3H3/t24-,27-,29-/m0/s1. The fraction of sp³-hybridized carbons (Fsp3) is 0.586. The van der Waals surface area contributed by atoms with Crippen LogP contribution in [0.3, 0.4) is 0 Å². The van der Waals surface area contributed by atoms with Crippen molar-refractivity contribution in [2.75, 3.05) is 6.61 Å². The van der Waals surface area contributed by atoms with Gasteiger partial charge < -0.3 is 9.53 Å². The summed E-state index contributed by atoms with van der Waals surface area (Å²) in [7, 11) is -2.41. The van der Waals surface area contributed by atoms with Gasteiger partial charge in [0.1, 0.15) is 0 Å². The lowest BCUT2D eigenvalue weighted by Crippen LogP contribution is -2.66. The van der Waals surface area contributed by atoms with Gasteiger partial charge in [-0.2, -0.15) is 0 Å². The van der Waals surface area contributed by atoms with Crippen LogP contribution in [0.25, 0.3) is 0 Å². The molecule has 0 aromatic heterocycles. The molecule has 0 aliphatic heterocycles. The van der Waals surface area contributed by atoms with Gasteiger partial charge in [-0.25, -0.2) is 0 Å². The number of unbranched alkanes of at least 4 members (excludes halogenated alkanes) is 2. The zero-order valence-electron chi connectivity index (χ0n) is 20.4. The molecule has 0 unspecified atom stereocenters. The minimum Gasteiger partial charge on any atom is -0.407 e. The molecule has 0 spiro atoms. The maximum atomic E-state index is 10.8. The second kappa shape index (κ2) is 9.83. The van der Waals surface area contributed by atoms with E-state index in [1.165, 1.54) is 42.5 Å². The van der Waals surface area contributed by atoms with Gasteiger partial charge in [0.2, 0.25) is 0 Å². The van der Waals surface area contributed by atoms with Crippen molar-refractivity contribution >= 4 is 18.7 Å². The highest BCUT2D eigenvalue weighted by Crippen LogP contribution is 2.64. The lowest BCUT2D eigenvalue weighted by Gasteiger charge is -2.43. The van der Waals surface area contributed by atoms with Crippen LogP contribution in [0.2, 0.25) is 5.04 Å². The topological polar surface area (TPSA) is 29.5 Å². The van der Waals surface area contributed by atoms with Crippen molar-refractivity contribution in [3.05, 3.63) is 60.7 Å². The maximum absolute atomic E-state index is 10.8. The average molecular weight is 451 g/mol. The summed E-state index contributed by atoms with van der Waals surface area (Å²) in [5.41, 5.74) is 0.309. The van der Waals surface area contributed by atoms with Crippen molar-refractivity contribution in [1.82, 2.24) is 0 Å². The molecule has 3 atom stereocenters. The summed E-state index contributed by atoms with van der Waals surface area (Å²) in [6.07, 6.45) is 10.8. The molecule has 2 fully saturated rings. The summed E-state index contributed by atoms with van der Waals surface area (Å²) >= 11 is 0. The second-order valence-corrected chi connectivity index (χ2v) is 15.6. The molecule has 0 amide bonds. The van der Waals surface area contributed by atoms with Crippen molar-refractivity contribution < 1.29 is 9.53 Å². The number of hydrogen-bond donors (Lipinski definition) is 1. The van der Waals surface area contributed by atoms with Crippen LogP contribution in [-0.4, -0.2) is 26.1 Å². The second-order valence-electron chi connectivity index (χ2n) is 11.3. The van der Waals surface area contributed by atoms with Crippen LogP contribution < -0.4 is 10.4 Å². The van der Waals surface area contributed by atoms with Crippen molar-refractivity contribution in [3.63, 3.8) is 0 Å². The Balaban J connectivity index is 1.37. The van der Waals surface area contributed by atoms with Crippen LogP contribution in [-0.2, 0) is 4.43 Å². The highest BCUT2D eigenvalue weighted by Gasteiger charge is 2.58. The summed E-state index contributed by atoms with van der Waals surface area (Å²) in [6.45, 7) is 7.80. The number of aliphatic hydroxyl groups excluding tert-OH is 1. The van der Waals surface area contributed by atoms with E-state index in [-0.39, 0.29) is 11.1 Å². The minimum absolute atomic E-state index is 0.0348. The summed E-state index contributed by atoms with van der Waals surface area (Å²) in [4.78, 5) is 0. The largest absolute Gasteiger partial charge is 0.407 e. The Hall–Kier alpha value is -1.42. The van der Waals surface area contributed by atoms with Gasteiger partial charge in [0, 0.05) is 6.61 Å². The Morgan fingerprint density at radius 3 is 2.12 bits per heavy atom. The van der Waals surface area contributed by atoms with Crippen molar-refractivity contribution in [3.8, 4) is 0 Å². The van der Waals surface area contributed by atoms with Gasteiger partial charge in [0.25, 0.3) is 8.32 Å². The molecular weight excluding hydrogens is 408 g/mol. The molecule has 2 aliphatic rings. The molecule has 0 heterocycles. The normalized spacial score (nSPS) is 24.1. The fourth-order valence-electron chi connectivity index (χ4n) is 6.41. The van der Waals surface area contributed by atoms with E-state index in [2.05, 4.69) is 81.4 Å². The molecule has 0 bridgehead atoms. The highest BCUT2D eigenvalue weighted by atomic mass is 28.4. The smallest absolute Gasteiger partial charge is 0.261 e. The van der Waals surface area contributed by atoms with Crippen LogP contribution >= 0.6 is 0 Å². The molecule has 2 aromatic carbocycles. The third kappa shape index (κ3) is 4.62. The Kier molecular flexibility index (Phi) is 7.29. The summed E-state index contributed by atoms with van der Waals surface area (Å²) in [5.74, 6) is 0.824. The number of hydrogen-bond acceptors (Lipinski definition) is 2. The van der Waals surface area contributed by atoms with Crippen LogP contribution in [0.5, 0.6) is 0 Å². The van der Waals surface area contributed by atoms with Gasteiger partial charge in [-0.05, 0) is 58.8 Å². The predicted octanol–water partition coefficient (Wildman–Crippen LogP) is 6.06. The van der Waals surface area contributed by atoms with E-state index in [0.29, 0.717) is 5.41 Å². The van der Waals surface area contributed by atoms with Crippen molar-refractivity contribution in [2.24, 2.45) is 11.3 Å². The lowest BCUT2D eigenvalue weighted by molar-refractivity contribution is 0.0559. The SMILES string of the molecule is CC(C)(C)[Si](OCCCCC[C@H](O)[C@]12CCCC[C@H]1C2)(c1ccccc1)c1ccccc1. The van der Waals surface area contributed by atoms with Gasteiger partial charge >= 0.3 is 0 Å². The van der Waals surface area contributed by atoms with Gasteiger partial charge in [0.05, 0.1) is 6.10 Å². The van der Waals surface area contributed by atoms with Gasteiger partial charge in [-0.3, -0.25) is 0 Å². The van der Waals surface area contributed by atoms with Crippen molar-refractivity contribution in [1.29, 1.82) is 0 Å². The van der Waals surface area contributed by atoms with Crippen LogP contribution in [0.15, 0.2) is 60.7 Å². The first-order valence-electron chi connectivity index (χ1n) is 12.8. The van der Waals surface area contributed by atoms with E-state index in [1.807, 2.05) is 0 Å². The van der Waals surface area contributed by atoms with E-state index in [4.69, 9.17) is 4.43 Å². The van der Waals surface area contributed by atoms with Crippen LogP contribution in [0.4, 0.5) is 0 Å². The maximum Gasteiger partial charge on any atom is 0.261 e. The number of benzene rings is 2. The Labute approximate surface area is 196 Å². The number of aliphatic hydroxyl groups is 1. The number of rotatable bonds is 10. The third-order valence-corrected chi connectivity index (χ3v) is 13.3. The predicted molar refractivity (Wildman–Crippen MR) is 137 cm³/mol. The lowest BCUT2D eigenvalue weighted by atomic mass is 9.82. The molecule has 3 heteroatoms. The summed E-state index contributed by atoms with van der Waals surface area (Å²) < 4.78 is 6.99. The monoisotopic (exact) mass is 450 g/mol. The minimum atomic E-state index is -2.41. The molecular formula is C29H42O2Si. The first kappa shape index (κ1) is 23.7. The zero-order valence-corrected chi connectivity index (χ0v) is 21.4. The van der Waals surface area contributed by atoms with E-state index in [1.54, 1.807) is 0 Å². The fourth-order valence-corrected chi connectivity index (χ4v) is 11.0. The molecule has 0 radical (unpaired) electrons. The molecule has 2 saturated carbocycles. The molecule has 174 valence electrons. The Morgan fingerprint density at radius 1 is 0.938 bits per heavy atom. The first-order chi connectivity index (χ1) is 15.4. The first-order valence-corrected chi connectivity index (χ1v) is 14.7. The van der Waals surface area contributed by atoms with Gasteiger partial charge in [0.15, 0.2) is 0 Å². The quantitative estimate of drug-likeness (QED) is 0.352. The zero-order chi connectivity index (χ0) is 22.7. The summed E-state index contributed by atoms with van der Waals surface area (Å²) in [5, 5.41) is 13.6. The third-order valence-electron chi connectivity index (χ3n) is 8.25. The molecule has 2 aliphatic carbocycles. The molecule has 32 heavy (non-hydrogen) atoms. The highest BCUT2D eigenvalue weighted by molar-refractivity contribution is 6.99. The van der Waals surface area contributed by atoms with Crippen LogP contribution in [0.1, 0.15) is 78.6 Å². The molecule has 4 rings (SSSR count). The van der Waals surface area contributed by atoms with Gasteiger partial charge in [-0.1, -0.05) is 107 Å². The van der Waals surface area contributed by atoms with Gasteiger partial charge in [-0.15, -0.1) is 0 Å².